The minimum atomic E-state index is -0.233. The van der Waals surface area contributed by atoms with Crippen LogP contribution >= 0.6 is 0 Å². The number of rotatable bonds is 6. The van der Waals surface area contributed by atoms with E-state index in [1.807, 2.05) is 23.1 Å². The molecule has 0 radical (unpaired) electrons. The predicted molar refractivity (Wildman–Crippen MR) is 108 cm³/mol. The van der Waals surface area contributed by atoms with Crippen molar-refractivity contribution in [3.8, 4) is 0 Å². The molecule has 0 aromatic heterocycles. The highest BCUT2D eigenvalue weighted by molar-refractivity contribution is 5.95. The minimum Gasteiger partial charge on any atom is -0.339 e. The van der Waals surface area contributed by atoms with Crippen LogP contribution in [0.4, 0.5) is 10.5 Å². The van der Waals surface area contributed by atoms with Gasteiger partial charge in [-0.25, -0.2) is 4.79 Å². The van der Waals surface area contributed by atoms with Crippen molar-refractivity contribution in [2.24, 2.45) is 0 Å². The standard InChI is InChI=1S/C22H27N3O2/c1-2-17(18-8-4-3-5-9-18)16-23-22(27)24-20-12-10-19(11-13-20)21(26)25-14-6-7-15-25/h3-5,8-13,17H,2,6-7,14-16H2,1H3,(H2,23,24,27). The topological polar surface area (TPSA) is 61.4 Å². The molecule has 0 spiro atoms. The second kappa shape index (κ2) is 9.21. The van der Waals surface area contributed by atoms with Crippen LogP contribution in [0.15, 0.2) is 54.6 Å². The Morgan fingerprint density at radius 3 is 2.30 bits per heavy atom. The fourth-order valence-electron chi connectivity index (χ4n) is 3.41. The molecule has 3 rings (SSSR count). The van der Waals surface area contributed by atoms with Gasteiger partial charge in [0, 0.05) is 36.8 Å². The van der Waals surface area contributed by atoms with Crippen molar-refractivity contribution in [1.29, 1.82) is 0 Å². The third-order valence-corrected chi connectivity index (χ3v) is 5.06. The number of benzene rings is 2. The molecule has 5 heteroatoms. The number of hydrogen-bond donors (Lipinski definition) is 2. The van der Waals surface area contributed by atoms with Gasteiger partial charge in [0.05, 0.1) is 0 Å². The van der Waals surface area contributed by atoms with Crippen LogP contribution in [0.5, 0.6) is 0 Å². The van der Waals surface area contributed by atoms with Crippen LogP contribution in [0.25, 0.3) is 0 Å². The summed E-state index contributed by atoms with van der Waals surface area (Å²) in [5.74, 6) is 0.356. The van der Waals surface area contributed by atoms with Gasteiger partial charge in [0.1, 0.15) is 0 Å². The zero-order valence-electron chi connectivity index (χ0n) is 15.8. The van der Waals surface area contributed by atoms with Gasteiger partial charge in [0.2, 0.25) is 0 Å². The average molecular weight is 365 g/mol. The Hall–Kier alpha value is -2.82. The number of carbonyl (C=O) groups is 2. The first kappa shape index (κ1) is 19.0. The van der Waals surface area contributed by atoms with Crippen molar-refractivity contribution >= 4 is 17.6 Å². The van der Waals surface area contributed by atoms with Crippen molar-refractivity contribution in [2.45, 2.75) is 32.1 Å². The van der Waals surface area contributed by atoms with Gasteiger partial charge in [0.15, 0.2) is 0 Å². The van der Waals surface area contributed by atoms with Crippen molar-refractivity contribution in [3.05, 3.63) is 65.7 Å². The van der Waals surface area contributed by atoms with E-state index in [-0.39, 0.29) is 17.9 Å². The first-order chi connectivity index (χ1) is 13.2. The van der Waals surface area contributed by atoms with E-state index in [0.29, 0.717) is 17.8 Å². The molecule has 2 N–H and O–H groups in total. The monoisotopic (exact) mass is 365 g/mol. The molecule has 1 heterocycles. The Morgan fingerprint density at radius 2 is 1.67 bits per heavy atom. The molecule has 3 amide bonds. The van der Waals surface area contributed by atoms with E-state index in [1.54, 1.807) is 24.3 Å². The van der Waals surface area contributed by atoms with Gasteiger partial charge in [-0.05, 0) is 49.1 Å². The number of nitrogens with one attached hydrogen (secondary N) is 2. The molecule has 2 aromatic carbocycles. The quantitative estimate of drug-likeness (QED) is 0.804. The molecule has 0 bridgehead atoms. The number of carbonyl (C=O) groups excluding carboxylic acids is 2. The average Bonchev–Trinajstić information content (AvgIpc) is 3.24. The number of hydrogen-bond acceptors (Lipinski definition) is 2. The summed E-state index contributed by atoms with van der Waals surface area (Å²) < 4.78 is 0. The molecule has 1 unspecified atom stereocenters. The van der Waals surface area contributed by atoms with Gasteiger partial charge in [0.25, 0.3) is 5.91 Å². The highest BCUT2D eigenvalue weighted by Gasteiger charge is 2.19. The van der Waals surface area contributed by atoms with Crippen molar-refractivity contribution in [3.63, 3.8) is 0 Å². The maximum atomic E-state index is 12.4. The maximum Gasteiger partial charge on any atom is 0.319 e. The number of amides is 3. The van der Waals surface area contributed by atoms with Crippen LogP contribution in [0.1, 0.15) is 48.0 Å². The van der Waals surface area contributed by atoms with Crippen molar-refractivity contribution in [1.82, 2.24) is 10.2 Å². The highest BCUT2D eigenvalue weighted by Crippen LogP contribution is 2.18. The second-order valence-electron chi connectivity index (χ2n) is 6.93. The molecule has 1 saturated heterocycles. The fourth-order valence-corrected chi connectivity index (χ4v) is 3.41. The van der Waals surface area contributed by atoms with Gasteiger partial charge in [-0.2, -0.15) is 0 Å². The van der Waals surface area contributed by atoms with E-state index >= 15 is 0 Å². The zero-order valence-corrected chi connectivity index (χ0v) is 15.8. The molecule has 5 nitrogen and oxygen atoms in total. The van der Waals surface area contributed by atoms with E-state index in [0.717, 1.165) is 32.4 Å². The summed E-state index contributed by atoms with van der Waals surface area (Å²) >= 11 is 0. The number of nitrogens with zero attached hydrogens (tertiary/aromatic N) is 1. The molecule has 1 aliphatic heterocycles. The molecule has 1 atom stereocenters. The van der Waals surface area contributed by atoms with Gasteiger partial charge in [-0.3, -0.25) is 4.79 Å². The van der Waals surface area contributed by atoms with E-state index < -0.39 is 0 Å². The van der Waals surface area contributed by atoms with E-state index in [2.05, 4.69) is 29.7 Å². The summed E-state index contributed by atoms with van der Waals surface area (Å²) in [4.78, 5) is 26.4. The summed E-state index contributed by atoms with van der Waals surface area (Å²) in [6.45, 7) is 4.37. The van der Waals surface area contributed by atoms with Crippen LogP contribution < -0.4 is 10.6 Å². The molecular weight excluding hydrogens is 338 g/mol. The summed E-state index contributed by atoms with van der Waals surface area (Å²) in [5, 5.41) is 5.77. The summed E-state index contributed by atoms with van der Waals surface area (Å²) in [6, 6.07) is 17.1. The molecule has 1 fully saturated rings. The van der Waals surface area contributed by atoms with E-state index in [1.165, 1.54) is 5.56 Å². The Balaban J connectivity index is 1.51. The summed E-state index contributed by atoms with van der Waals surface area (Å²) in [7, 11) is 0. The largest absolute Gasteiger partial charge is 0.339 e. The van der Waals surface area contributed by atoms with E-state index in [9.17, 15) is 9.59 Å². The number of urea groups is 1. The highest BCUT2D eigenvalue weighted by atomic mass is 16.2. The molecule has 0 saturated carbocycles. The van der Waals surface area contributed by atoms with Crippen LogP contribution in [-0.2, 0) is 0 Å². The molecule has 0 aliphatic carbocycles. The molecule has 1 aliphatic rings. The molecular formula is C22H27N3O2. The third kappa shape index (κ3) is 5.09. The normalized spacial score (nSPS) is 14.6. The zero-order chi connectivity index (χ0) is 19.1. The lowest BCUT2D eigenvalue weighted by atomic mass is 9.97. The molecule has 2 aromatic rings. The first-order valence-corrected chi connectivity index (χ1v) is 9.66. The van der Waals surface area contributed by atoms with Gasteiger partial charge >= 0.3 is 6.03 Å². The lowest BCUT2D eigenvalue weighted by Gasteiger charge is -2.17. The van der Waals surface area contributed by atoms with Crippen LogP contribution in [0.2, 0.25) is 0 Å². The van der Waals surface area contributed by atoms with Crippen molar-refractivity contribution < 1.29 is 9.59 Å². The van der Waals surface area contributed by atoms with E-state index in [4.69, 9.17) is 0 Å². The first-order valence-electron chi connectivity index (χ1n) is 9.66. The van der Waals surface area contributed by atoms with Gasteiger partial charge < -0.3 is 15.5 Å². The Kier molecular flexibility index (Phi) is 6.47. The predicted octanol–water partition coefficient (Wildman–Crippen LogP) is 4.24. The fraction of sp³-hybridized carbons (Fsp3) is 0.364. The second-order valence-corrected chi connectivity index (χ2v) is 6.93. The Morgan fingerprint density at radius 1 is 1.00 bits per heavy atom. The minimum absolute atomic E-state index is 0.0668. The number of anilines is 1. The lowest BCUT2D eigenvalue weighted by molar-refractivity contribution is 0.0793. The molecule has 27 heavy (non-hydrogen) atoms. The Labute approximate surface area is 160 Å². The van der Waals surface area contributed by atoms with Gasteiger partial charge in [-0.15, -0.1) is 0 Å². The number of likely N-dealkylation sites (tertiary alicyclic amines) is 1. The van der Waals surface area contributed by atoms with Crippen LogP contribution in [0.3, 0.4) is 0 Å². The SMILES string of the molecule is CCC(CNC(=O)Nc1ccc(C(=O)N2CCCC2)cc1)c1ccccc1. The summed E-state index contributed by atoms with van der Waals surface area (Å²) in [6.07, 6.45) is 3.11. The van der Waals surface area contributed by atoms with Crippen molar-refractivity contribution in [2.75, 3.05) is 25.0 Å². The molecule has 142 valence electrons. The maximum absolute atomic E-state index is 12.4. The van der Waals surface area contributed by atoms with Gasteiger partial charge in [-0.1, -0.05) is 37.3 Å². The van der Waals surface area contributed by atoms with Crippen LogP contribution in [0, 0.1) is 0 Å². The summed E-state index contributed by atoms with van der Waals surface area (Å²) in [5.41, 5.74) is 2.57. The Bertz CT molecular complexity index is 753. The van der Waals surface area contributed by atoms with Crippen LogP contribution in [-0.4, -0.2) is 36.5 Å². The smallest absolute Gasteiger partial charge is 0.319 e. The third-order valence-electron chi connectivity index (χ3n) is 5.06. The lowest BCUT2D eigenvalue weighted by Crippen LogP contribution is -2.32.